The van der Waals surface area contributed by atoms with Crippen LogP contribution in [0.15, 0.2) is 12.1 Å². The number of amides is 4. The van der Waals surface area contributed by atoms with E-state index in [0.29, 0.717) is 84.3 Å². The van der Waals surface area contributed by atoms with Crippen molar-refractivity contribution in [1.82, 2.24) is 10.6 Å². The van der Waals surface area contributed by atoms with E-state index in [-0.39, 0.29) is 82.5 Å². The van der Waals surface area contributed by atoms with Crippen LogP contribution in [0.5, 0.6) is 0 Å². The number of ether oxygens (including phenoxy) is 3. The average Bonchev–Trinajstić information content (AvgIpc) is 1.67. The van der Waals surface area contributed by atoms with Crippen LogP contribution in [0.25, 0.3) is 0 Å². The number of hydrogen-bond donors (Lipinski definition) is 6. The Balaban J connectivity index is 0.000000385. The van der Waals surface area contributed by atoms with Gasteiger partial charge in [0.1, 0.15) is 40.1 Å². The van der Waals surface area contributed by atoms with Crippen molar-refractivity contribution in [3.63, 3.8) is 0 Å². The zero-order chi connectivity index (χ0) is 63.8. The zero-order valence-corrected chi connectivity index (χ0v) is 54.1. The molecule has 2 aromatic rings. The fraction of sp³-hybridized carbons (Fsp3) is 0.692. The highest BCUT2D eigenvalue weighted by atomic mass is 32.1. The summed E-state index contributed by atoms with van der Waals surface area (Å²) in [5.74, 6) is 9.84. The molecule has 0 bridgehead atoms. The Labute approximate surface area is 518 Å². The smallest absolute Gasteiger partial charge is 0.408 e. The van der Waals surface area contributed by atoms with Gasteiger partial charge < -0.3 is 55.1 Å². The highest BCUT2D eigenvalue weighted by Gasteiger charge is 2.40. The van der Waals surface area contributed by atoms with E-state index in [9.17, 15) is 53.7 Å². The summed E-state index contributed by atoms with van der Waals surface area (Å²) < 4.78 is 15.5. The normalized spacial score (nSPS) is 22.2. The van der Waals surface area contributed by atoms with E-state index in [1.54, 1.807) is 63.5 Å². The van der Waals surface area contributed by atoms with Crippen LogP contribution in [-0.4, -0.2) is 117 Å². The molecule has 4 saturated carbocycles. The topological polar surface area (TPSA) is 276 Å². The molecule has 2 heterocycles. The predicted octanol–water partition coefficient (Wildman–Crippen LogP) is 12.9. The molecule has 0 spiro atoms. The number of nitrogens with zero attached hydrogens (tertiary/aromatic N) is 2. The van der Waals surface area contributed by atoms with Gasteiger partial charge >= 0.3 is 36.1 Å². The number of aliphatic carboxylic acids is 1. The lowest BCUT2D eigenvalue weighted by molar-refractivity contribution is -0.149. The van der Waals surface area contributed by atoms with E-state index in [2.05, 4.69) is 48.2 Å². The molecule has 0 atom stereocenters. The number of carboxylic acid groups (broad SMARTS) is 3. The summed E-state index contributed by atoms with van der Waals surface area (Å²) in [6.45, 7) is 26.0. The standard InChI is InChI=1S/C32H46N2O7S.C25H35NO4S.C7H13NO4.CH4/c1-20-8-10-21(11-9-20)28(36)34(25-18-24(16-17-31(2,3)4)42-27(25)29(37)38)22-12-14-23(15-13-22)40-26(35)19-33-30(39)41-32(5,6)7;1-16-5-7-17(8-6-16)23(28)26(18-9-11-19(27)12-10-18)21-15-20(13-14-25(2,3)4)31-22(21)24(29)30;1-7(2,3)12-6(11)8-4-5(9)10;/h18,20-23H,8-15,19H2,1-7H3,(H,33,39)(H,37,38);15-19,27H,5-12H2,1-4H3,(H,29,30);4H2,1-3H3,(H,8,11)(H,9,10);1H4. The molecule has 2 aromatic heterocycles. The Morgan fingerprint density at radius 3 is 1.21 bits per heavy atom. The van der Waals surface area contributed by atoms with Crippen molar-refractivity contribution in [1.29, 1.82) is 0 Å². The van der Waals surface area contributed by atoms with Gasteiger partial charge in [-0.15, -0.1) is 22.7 Å². The third-order valence-corrected chi connectivity index (χ3v) is 16.6. The number of hydrogen-bond acceptors (Lipinski definition) is 14. The number of carbonyl (C=O) groups is 8. The Morgan fingerprint density at radius 1 is 0.535 bits per heavy atom. The van der Waals surface area contributed by atoms with Crippen molar-refractivity contribution in [3.05, 3.63) is 31.6 Å². The first-order valence-electron chi connectivity index (χ1n) is 29.9. The molecule has 0 saturated heterocycles. The first kappa shape index (κ1) is 74.1. The molecule has 6 rings (SSSR count). The largest absolute Gasteiger partial charge is 0.480 e. The second-order valence-electron chi connectivity index (χ2n) is 27.1. The van der Waals surface area contributed by atoms with Crippen LogP contribution < -0.4 is 20.4 Å². The maximum Gasteiger partial charge on any atom is 0.408 e. The van der Waals surface area contributed by atoms with E-state index in [1.807, 2.05) is 41.5 Å². The van der Waals surface area contributed by atoms with Crippen LogP contribution in [-0.2, 0) is 33.4 Å². The van der Waals surface area contributed by atoms with E-state index < -0.39 is 53.8 Å². The number of carboxylic acids is 3. The number of rotatable bonds is 13. The van der Waals surface area contributed by atoms with Crippen LogP contribution in [0.2, 0.25) is 0 Å². The summed E-state index contributed by atoms with van der Waals surface area (Å²) in [7, 11) is 0. The molecule has 0 aliphatic heterocycles. The lowest BCUT2D eigenvalue weighted by Crippen LogP contribution is -2.47. The summed E-state index contributed by atoms with van der Waals surface area (Å²) in [5, 5.41) is 42.7. The van der Waals surface area contributed by atoms with Crippen molar-refractivity contribution < 1.29 is 73.0 Å². The molecule has 6 N–H and O–H groups in total. The van der Waals surface area contributed by atoms with Gasteiger partial charge in [0.05, 0.1) is 27.2 Å². The van der Waals surface area contributed by atoms with Gasteiger partial charge in [-0.05, 0) is 210 Å². The van der Waals surface area contributed by atoms with Gasteiger partial charge in [-0.3, -0.25) is 19.2 Å². The molecule has 4 aliphatic rings. The van der Waals surface area contributed by atoms with Crippen LogP contribution >= 0.6 is 22.7 Å². The molecule has 480 valence electrons. The number of nitrogens with one attached hydrogen (secondary N) is 2. The van der Waals surface area contributed by atoms with Crippen molar-refractivity contribution in [2.24, 2.45) is 34.5 Å². The van der Waals surface area contributed by atoms with E-state index in [4.69, 9.17) is 19.3 Å². The van der Waals surface area contributed by atoms with Crippen LogP contribution in [0.4, 0.5) is 21.0 Å². The van der Waals surface area contributed by atoms with Gasteiger partial charge in [-0.2, -0.15) is 0 Å². The monoisotopic (exact) mass is 1240 g/mol. The van der Waals surface area contributed by atoms with Gasteiger partial charge in [0.2, 0.25) is 11.8 Å². The van der Waals surface area contributed by atoms with Crippen LogP contribution in [0.3, 0.4) is 0 Å². The van der Waals surface area contributed by atoms with Gasteiger partial charge in [0.25, 0.3) is 0 Å². The second-order valence-corrected chi connectivity index (χ2v) is 29.2. The lowest BCUT2D eigenvalue weighted by Gasteiger charge is -2.39. The molecule has 0 radical (unpaired) electrons. The fourth-order valence-corrected chi connectivity index (χ4v) is 12.0. The second kappa shape index (κ2) is 32.7. The minimum Gasteiger partial charge on any atom is -0.480 e. The van der Waals surface area contributed by atoms with E-state index in [1.165, 1.54) is 0 Å². The Bertz CT molecular complexity index is 2760. The third kappa shape index (κ3) is 25.7. The molecule has 4 amide bonds. The van der Waals surface area contributed by atoms with Crippen molar-refractivity contribution >= 4 is 81.9 Å². The number of anilines is 2. The zero-order valence-electron chi connectivity index (χ0n) is 52.5. The maximum absolute atomic E-state index is 14.1. The fourth-order valence-electron chi connectivity index (χ4n) is 10.3. The number of aliphatic hydroxyl groups excluding tert-OH is 1. The summed E-state index contributed by atoms with van der Waals surface area (Å²) in [4.78, 5) is 102. The Kier molecular flexibility index (Phi) is 28.2. The van der Waals surface area contributed by atoms with Crippen molar-refractivity contribution in [2.75, 3.05) is 22.9 Å². The minimum atomic E-state index is -1.10. The molecular formula is C65H98N4O15S2. The molecule has 4 aliphatic carbocycles. The molecule has 21 heteroatoms. The van der Waals surface area contributed by atoms with E-state index in [0.717, 1.165) is 74.0 Å². The number of aromatic carboxylic acids is 2. The predicted molar refractivity (Wildman–Crippen MR) is 336 cm³/mol. The summed E-state index contributed by atoms with van der Waals surface area (Å²) >= 11 is 2.25. The van der Waals surface area contributed by atoms with Gasteiger partial charge in [-0.1, -0.05) is 45.0 Å². The van der Waals surface area contributed by atoms with Crippen LogP contribution in [0, 0.1) is 58.2 Å². The summed E-state index contributed by atoms with van der Waals surface area (Å²) in [6.07, 6.45) is 10.0. The Hall–Kier alpha value is -6.16. The molecule has 19 nitrogen and oxygen atoms in total. The van der Waals surface area contributed by atoms with Crippen molar-refractivity contribution in [3.8, 4) is 23.7 Å². The van der Waals surface area contributed by atoms with Gasteiger partial charge in [-0.25, -0.2) is 19.2 Å². The molecule has 0 unspecified atom stereocenters. The number of alkyl carbamates (subject to hydrolysis) is 2. The highest BCUT2D eigenvalue weighted by Crippen LogP contribution is 2.41. The Morgan fingerprint density at radius 2 is 0.884 bits per heavy atom. The summed E-state index contributed by atoms with van der Waals surface area (Å²) in [6, 6.07) is 3.25. The number of aliphatic hydroxyl groups is 1. The van der Waals surface area contributed by atoms with Gasteiger partial charge in [0, 0.05) is 34.7 Å². The molecule has 86 heavy (non-hydrogen) atoms. The molecule has 4 fully saturated rings. The lowest BCUT2D eigenvalue weighted by atomic mass is 9.81. The maximum atomic E-state index is 14.1. The molecule has 0 aromatic carbocycles. The quantitative estimate of drug-likeness (QED) is 0.0618. The van der Waals surface area contributed by atoms with E-state index >= 15 is 0 Å². The van der Waals surface area contributed by atoms with Gasteiger partial charge in [0.15, 0.2) is 0 Å². The van der Waals surface area contributed by atoms with Crippen LogP contribution in [0.1, 0.15) is 236 Å². The number of esters is 1. The third-order valence-electron chi connectivity index (χ3n) is 14.6. The first-order chi connectivity index (χ1) is 39.4. The van der Waals surface area contributed by atoms with Crippen molar-refractivity contribution in [2.45, 2.75) is 243 Å². The highest BCUT2D eigenvalue weighted by molar-refractivity contribution is 7.15. The minimum absolute atomic E-state index is 0. The number of thiophene rings is 2. The number of carbonyl (C=O) groups excluding carboxylic acids is 5. The average molecular weight is 1240 g/mol. The first-order valence-corrected chi connectivity index (χ1v) is 31.5. The molecular weight excluding hydrogens is 1140 g/mol. The summed E-state index contributed by atoms with van der Waals surface area (Å²) in [5.41, 5.74) is -0.810. The SMILES string of the molecule is C.CC(C)(C)OC(=O)NCC(=O)O.CC1CCC(C(=O)N(c2cc(C#CC(C)(C)C)sc2C(=O)O)C2CCC(O)CC2)CC1.CC1CCC(C(=O)N(c2cc(C#CC(C)(C)C)sc2C(=O)O)C2CCC(OC(=O)CNC(=O)OC(C)(C)C)CC2)CC1.